The molecule has 2 N–H and O–H groups in total. The lowest BCUT2D eigenvalue weighted by molar-refractivity contribution is -0.0176. The van der Waals surface area contributed by atoms with Crippen molar-refractivity contribution in [2.45, 2.75) is 84.0 Å². The lowest BCUT2D eigenvalue weighted by Crippen LogP contribution is -2.47. The van der Waals surface area contributed by atoms with Gasteiger partial charge in [0.15, 0.2) is 0 Å². The van der Waals surface area contributed by atoms with E-state index < -0.39 is 12.2 Å². The van der Waals surface area contributed by atoms with Crippen molar-refractivity contribution in [1.82, 2.24) is 4.90 Å². The second-order valence-corrected chi connectivity index (χ2v) is 11.1. The van der Waals surface area contributed by atoms with E-state index in [1.54, 1.807) is 5.57 Å². The summed E-state index contributed by atoms with van der Waals surface area (Å²) in [7, 11) is 0. The molecule has 0 aromatic heterocycles. The zero-order valence-electron chi connectivity index (χ0n) is 19.9. The molecule has 7 atom stereocenters. The van der Waals surface area contributed by atoms with E-state index in [0.29, 0.717) is 36.1 Å². The molecule has 3 saturated carbocycles. The minimum absolute atomic E-state index is 0.389. The highest BCUT2D eigenvalue weighted by atomic mass is 16.5. The highest BCUT2D eigenvalue weighted by molar-refractivity contribution is 5.38. The van der Waals surface area contributed by atoms with Gasteiger partial charge < -0.3 is 14.9 Å². The minimum Gasteiger partial charge on any atom is -0.393 e. The molecule has 4 rings (SSSR count). The van der Waals surface area contributed by atoms with Crippen LogP contribution in [-0.2, 0) is 4.74 Å². The third kappa shape index (κ3) is 4.73. The quantitative estimate of drug-likeness (QED) is 0.692. The Kier molecular flexibility index (Phi) is 7.12. The first-order chi connectivity index (χ1) is 14.8. The van der Waals surface area contributed by atoms with E-state index in [9.17, 15) is 10.2 Å². The smallest absolute Gasteiger partial charge is 0.0811 e. The number of morpholine rings is 1. The van der Waals surface area contributed by atoms with Crippen LogP contribution in [0.5, 0.6) is 0 Å². The molecule has 0 spiro atoms. The third-order valence-corrected chi connectivity index (χ3v) is 9.02. The fourth-order valence-corrected chi connectivity index (χ4v) is 7.21. The van der Waals surface area contributed by atoms with Gasteiger partial charge in [-0.2, -0.15) is 0 Å². The molecule has 0 bridgehead atoms. The lowest BCUT2D eigenvalue weighted by Gasteiger charge is -2.46. The van der Waals surface area contributed by atoms with Crippen LogP contribution in [0, 0.1) is 23.2 Å². The van der Waals surface area contributed by atoms with Crippen LogP contribution in [0.25, 0.3) is 0 Å². The standard InChI is InChI=1S/C27H43NO3/c1-18(16-28-12-13-31-17-19(28)2)24-9-10-25-21(6-5-11-27(24,25)4)7-8-22-14-23(29)15-26(30)20(22)3/h7-8,18-19,23-26,29-30H,3,5-6,9-17H2,1-2,4H3/b21-7+,22-8-/t18-,19-,23-,24-,25+,26-,27-/m1/s1. The molecule has 31 heavy (non-hydrogen) atoms. The van der Waals surface area contributed by atoms with Gasteiger partial charge in [-0.1, -0.05) is 38.2 Å². The van der Waals surface area contributed by atoms with Gasteiger partial charge in [0.2, 0.25) is 0 Å². The zero-order valence-corrected chi connectivity index (χ0v) is 19.9. The normalized spacial score (nSPS) is 43.4. The summed E-state index contributed by atoms with van der Waals surface area (Å²) in [5.41, 5.74) is 3.78. The molecule has 4 aliphatic rings. The van der Waals surface area contributed by atoms with E-state index in [1.807, 2.05) is 0 Å². The van der Waals surface area contributed by atoms with E-state index >= 15 is 0 Å². The maximum Gasteiger partial charge on any atom is 0.0811 e. The second kappa shape index (κ2) is 9.51. The summed E-state index contributed by atoms with van der Waals surface area (Å²) in [6, 6.07) is 0.531. The Morgan fingerprint density at radius 1 is 1.29 bits per heavy atom. The van der Waals surface area contributed by atoms with Crippen molar-refractivity contribution in [2.24, 2.45) is 23.2 Å². The number of hydrogen-bond acceptors (Lipinski definition) is 4. The number of allylic oxidation sites excluding steroid dienone is 3. The topological polar surface area (TPSA) is 52.9 Å². The van der Waals surface area contributed by atoms with Gasteiger partial charge in [-0.05, 0) is 79.8 Å². The number of aliphatic hydroxyl groups excluding tert-OH is 2. The number of fused-ring (bicyclic) bond motifs is 1. The molecule has 4 nitrogen and oxygen atoms in total. The predicted octanol–water partition coefficient (Wildman–Crippen LogP) is 4.48. The average Bonchev–Trinajstić information content (AvgIpc) is 3.09. The van der Waals surface area contributed by atoms with Crippen LogP contribution in [-0.4, -0.2) is 59.7 Å². The zero-order chi connectivity index (χ0) is 22.2. The molecule has 0 amide bonds. The maximum atomic E-state index is 10.2. The van der Waals surface area contributed by atoms with Crippen molar-refractivity contribution in [3.05, 3.63) is 35.5 Å². The first kappa shape index (κ1) is 23.2. The highest BCUT2D eigenvalue weighted by Gasteiger charge is 2.50. The van der Waals surface area contributed by atoms with Gasteiger partial charge in [-0.25, -0.2) is 0 Å². The van der Waals surface area contributed by atoms with Crippen LogP contribution in [0.3, 0.4) is 0 Å². The molecular weight excluding hydrogens is 386 g/mol. The molecule has 4 fully saturated rings. The molecule has 1 aliphatic heterocycles. The van der Waals surface area contributed by atoms with E-state index in [0.717, 1.165) is 36.8 Å². The van der Waals surface area contributed by atoms with E-state index in [-0.39, 0.29) is 0 Å². The number of hydrogen-bond donors (Lipinski definition) is 2. The summed E-state index contributed by atoms with van der Waals surface area (Å²) in [6.07, 6.45) is 10.9. The lowest BCUT2D eigenvalue weighted by atomic mass is 9.61. The summed E-state index contributed by atoms with van der Waals surface area (Å²) in [4.78, 5) is 2.64. The Balaban J connectivity index is 1.48. The fraction of sp³-hybridized carbons (Fsp3) is 0.778. The molecule has 1 saturated heterocycles. The van der Waals surface area contributed by atoms with Crippen LogP contribution in [0.2, 0.25) is 0 Å². The summed E-state index contributed by atoms with van der Waals surface area (Å²) < 4.78 is 5.64. The van der Waals surface area contributed by atoms with Crippen LogP contribution in [0.15, 0.2) is 35.5 Å². The van der Waals surface area contributed by atoms with Crippen LogP contribution < -0.4 is 0 Å². The van der Waals surface area contributed by atoms with Gasteiger partial charge in [0.05, 0.1) is 25.4 Å². The number of rotatable bonds is 4. The summed E-state index contributed by atoms with van der Waals surface area (Å²) >= 11 is 0. The van der Waals surface area contributed by atoms with Crippen molar-refractivity contribution in [3.63, 3.8) is 0 Å². The summed E-state index contributed by atoms with van der Waals surface area (Å²) in [5.74, 6) is 2.15. The average molecular weight is 430 g/mol. The Labute approximate surface area is 189 Å². The van der Waals surface area contributed by atoms with Crippen molar-refractivity contribution < 1.29 is 14.9 Å². The summed E-state index contributed by atoms with van der Waals surface area (Å²) in [6.45, 7) is 15.4. The first-order valence-corrected chi connectivity index (χ1v) is 12.6. The molecular formula is C27H43NO3. The van der Waals surface area contributed by atoms with Gasteiger partial charge >= 0.3 is 0 Å². The Hall–Kier alpha value is -0.940. The molecule has 0 unspecified atom stereocenters. The third-order valence-electron chi connectivity index (χ3n) is 9.02. The molecule has 0 radical (unpaired) electrons. The molecule has 3 aliphatic carbocycles. The molecule has 1 heterocycles. The van der Waals surface area contributed by atoms with Crippen LogP contribution in [0.4, 0.5) is 0 Å². The van der Waals surface area contributed by atoms with Crippen molar-refractivity contribution in [1.29, 1.82) is 0 Å². The van der Waals surface area contributed by atoms with E-state index in [4.69, 9.17) is 4.74 Å². The summed E-state index contributed by atoms with van der Waals surface area (Å²) in [5, 5.41) is 20.2. The SMILES string of the molecule is C=C1/C(=C\C=C2/CCC[C@]3(C)[C@@H]([C@H](C)CN4CCOC[C@H]4C)CC[C@@H]23)C[C@@H](O)C[C@H]1O. The van der Waals surface area contributed by atoms with E-state index in [1.165, 1.54) is 38.6 Å². The minimum atomic E-state index is -0.607. The van der Waals surface area contributed by atoms with Crippen LogP contribution in [0.1, 0.15) is 65.7 Å². The van der Waals surface area contributed by atoms with E-state index in [2.05, 4.69) is 44.4 Å². The maximum absolute atomic E-state index is 10.2. The predicted molar refractivity (Wildman–Crippen MR) is 126 cm³/mol. The van der Waals surface area contributed by atoms with Gasteiger partial charge in [-0.15, -0.1) is 0 Å². The number of nitrogens with zero attached hydrogens (tertiary/aromatic N) is 1. The largest absolute Gasteiger partial charge is 0.393 e. The second-order valence-electron chi connectivity index (χ2n) is 11.1. The van der Waals surface area contributed by atoms with Crippen molar-refractivity contribution in [2.75, 3.05) is 26.3 Å². The Morgan fingerprint density at radius 3 is 2.87 bits per heavy atom. The Morgan fingerprint density at radius 2 is 2.10 bits per heavy atom. The molecule has 0 aromatic carbocycles. The fourth-order valence-electron chi connectivity index (χ4n) is 7.21. The monoisotopic (exact) mass is 429 g/mol. The van der Waals surface area contributed by atoms with Gasteiger partial charge in [-0.3, -0.25) is 4.90 Å². The Bertz CT molecular complexity index is 728. The number of ether oxygens (including phenoxy) is 1. The van der Waals surface area contributed by atoms with Crippen molar-refractivity contribution >= 4 is 0 Å². The first-order valence-electron chi connectivity index (χ1n) is 12.6. The molecule has 174 valence electrons. The molecule has 0 aromatic rings. The van der Waals surface area contributed by atoms with Crippen molar-refractivity contribution in [3.8, 4) is 0 Å². The van der Waals surface area contributed by atoms with Crippen LogP contribution >= 0.6 is 0 Å². The van der Waals surface area contributed by atoms with Gasteiger partial charge in [0.25, 0.3) is 0 Å². The molecule has 4 heteroatoms. The van der Waals surface area contributed by atoms with Gasteiger partial charge in [0, 0.05) is 25.6 Å². The number of aliphatic hydroxyl groups is 2. The highest BCUT2D eigenvalue weighted by Crippen LogP contribution is 2.59. The van der Waals surface area contributed by atoms with Gasteiger partial charge in [0.1, 0.15) is 0 Å².